The number of imidazole rings is 1. The Kier molecular flexibility index (Phi) is 2.41. The van der Waals surface area contributed by atoms with Gasteiger partial charge < -0.3 is 0 Å². The van der Waals surface area contributed by atoms with E-state index in [1.54, 1.807) is 22.9 Å². The van der Waals surface area contributed by atoms with Crippen molar-refractivity contribution in [2.24, 2.45) is 0 Å². The molecule has 18 heavy (non-hydrogen) atoms. The molecule has 92 valence electrons. The molecule has 0 fully saturated rings. The van der Waals surface area contributed by atoms with Crippen molar-refractivity contribution >= 4 is 16.3 Å². The van der Waals surface area contributed by atoms with Gasteiger partial charge in [0.15, 0.2) is 4.96 Å². The number of nitrogens with zero attached hydrogens (tertiary/aromatic N) is 2. The van der Waals surface area contributed by atoms with Gasteiger partial charge in [0, 0.05) is 23.3 Å². The summed E-state index contributed by atoms with van der Waals surface area (Å²) in [5.74, 6) is 0. The number of halogens is 3. The van der Waals surface area contributed by atoms with Gasteiger partial charge in [-0.2, -0.15) is 13.2 Å². The molecule has 0 spiro atoms. The maximum atomic E-state index is 12.9. The fourth-order valence-electron chi connectivity index (χ4n) is 1.81. The molecule has 0 N–H and O–H groups in total. The van der Waals surface area contributed by atoms with E-state index in [2.05, 4.69) is 4.98 Å². The smallest absolute Gasteiger partial charge is 0.297 e. The third-order valence-electron chi connectivity index (χ3n) is 2.60. The van der Waals surface area contributed by atoms with E-state index in [1.165, 1.54) is 23.5 Å². The van der Waals surface area contributed by atoms with Crippen molar-refractivity contribution in [2.45, 2.75) is 6.18 Å². The van der Waals surface area contributed by atoms with Gasteiger partial charge in [-0.15, -0.1) is 11.3 Å². The van der Waals surface area contributed by atoms with Crippen LogP contribution >= 0.6 is 11.3 Å². The van der Waals surface area contributed by atoms with Gasteiger partial charge in [-0.1, -0.05) is 18.2 Å². The zero-order valence-electron chi connectivity index (χ0n) is 8.98. The van der Waals surface area contributed by atoms with E-state index in [4.69, 9.17) is 0 Å². The third-order valence-corrected chi connectivity index (χ3v) is 3.37. The Balaban J connectivity index is 2.20. The lowest BCUT2D eigenvalue weighted by molar-refractivity contribution is -0.137. The Hall–Kier alpha value is -1.82. The second-order valence-electron chi connectivity index (χ2n) is 3.76. The van der Waals surface area contributed by atoms with Crippen LogP contribution in [-0.2, 0) is 6.18 Å². The molecule has 0 aliphatic heterocycles. The molecule has 3 rings (SSSR count). The first kappa shape index (κ1) is 11.3. The van der Waals surface area contributed by atoms with E-state index in [0.29, 0.717) is 10.7 Å². The summed E-state index contributed by atoms with van der Waals surface area (Å²) >= 11 is 1.39. The minimum Gasteiger partial charge on any atom is -0.297 e. The summed E-state index contributed by atoms with van der Waals surface area (Å²) < 4.78 is 40.4. The predicted octanol–water partition coefficient (Wildman–Crippen LogP) is 4.08. The van der Waals surface area contributed by atoms with E-state index in [9.17, 15) is 13.2 Å². The Morgan fingerprint density at radius 2 is 1.94 bits per heavy atom. The molecule has 0 aliphatic rings. The summed E-state index contributed by atoms with van der Waals surface area (Å²) in [7, 11) is 0. The monoisotopic (exact) mass is 268 g/mol. The van der Waals surface area contributed by atoms with Gasteiger partial charge in [-0.05, 0) is 6.07 Å². The summed E-state index contributed by atoms with van der Waals surface area (Å²) in [4.78, 5) is 4.88. The molecule has 0 atom stereocenters. The number of rotatable bonds is 1. The molecule has 0 bridgehead atoms. The Morgan fingerprint density at radius 3 is 2.67 bits per heavy atom. The molecule has 0 amide bonds. The highest BCUT2D eigenvalue weighted by atomic mass is 32.1. The largest absolute Gasteiger partial charge is 0.417 e. The van der Waals surface area contributed by atoms with Gasteiger partial charge in [0.05, 0.1) is 11.3 Å². The maximum absolute atomic E-state index is 12.9. The molecule has 3 aromatic rings. The van der Waals surface area contributed by atoms with E-state index >= 15 is 0 Å². The highest BCUT2D eigenvalue weighted by Crippen LogP contribution is 2.36. The van der Waals surface area contributed by atoms with Crippen molar-refractivity contribution < 1.29 is 13.2 Å². The molecule has 0 saturated heterocycles. The van der Waals surface area contributed by atoms with Crippen molar-refractivity contribution in [3.8, 4) is 11.3 Å². The van der Waals surface area contributed by atoms with Crippen LogP contribution in [-0.4, -0.2) is 9.38 Å². The van der Waals surface area contributed by atoms with E-state index < -0.39 is 11.7 Å². The molecule has 0 unspecified atom stereocenters. The highest BCUT2D eigenvalue weighted by Gasteiger charge is 2.33. The third kappa shape index (κ3) is 1.78. The number of hydrogen-bond donors (Lipinski definition) is 0. The number of thiazole rings is 1. The lowest BCUT2D eigenvalue weighted by Gasteiger charge is -2.10. The van der Waals surface area contributed by atoms with Crippen LogP contribution in [0.3, 0.4) is 0 Å². The molecule has 0 radical (unpaired) electrons. The van der Waals surface area contributed by atoms with Crippen molar-refractivity contribution in [1.82, 2.24) is 9.38 Å². The Labute approximate surface area is 104 Å². The number of alkyl halides is 3. The van der Waals surface area contributed by atoms with E-state index in [-0.39, 0.29) is 5.56 Å². The van der Waals surface area contributed by atoms with Gasteiger partial charge in [0.25, 0.3) is 0 Å². The number of hydrogen-bond acceptors (Lipinski definition) is 2. The van der Waals surface area contributed by atoms with Crippen LogP contribution in [0.1, 0.15) is 5.56 Å². The SMILES string of the molecule is FC(F)(F)c1ccccc1-c1cn2ccsc2n1. The molecule has 2 heterocycles. The van der Waals surface area contributed by atoms with Gasteiger partial charge >= 0.3 is 6.18 Å². The minimum atomic E-state index is -4.37. The Bertz CT molecular complexity index is 668. The van der Waals surface area contributed by atoms with Crippen molar-refractivity contribution in [3.63, 3.8) is 0 Å². The second kappa shape index (κ2) is 3.84. The molecule has 2 nitrogen and oxygen atoms in total. The summed E-state index contributed by atoms with van der Waals surface area (Å²) in [5, 5.41) is 1.84. The molecule has 6 heteroatoms. The molecule has 0 saturated carbocycles. The summed E-state index contributed by atoms with van der Waals surface area (Å²) in [5.41, 5.74) is -0.202. The van der Waals surface area contributed by atoms with Crippen molar-refractivity contribution in [1.29, 1.82) is 0 Å². The lowest BCUT2D eigenvalue weighted by atomic mass is 10.1. The minimum absolute atomic E-state index is 0.112. The van der Waals surface area contributed by atoms with Crippen LogP contribution in [0.5, 0.6) is 0 Å². The maximum Gasteiger partial charge on any atom is 0.417 e. The molecule has 2 aromatic heterocycles. The first-order valence-electron chi connectivity index (χ1n) is 5.14. The standard InChI is InChI=1S/C12H7F3N2S/c13-12(14,15)9-4-2-1-3-8(9)10-7-17-5-6-18-11(17)16-10/h1-7H. The van der Waals surface area contributed by atoms with Crippen LogP contribution in [0, 0.1) is 0 Å². The number of aromatic nitrogens is 2. The first-order chi connectivity index (χ1) is 8.55. The van der Waals surface area contributed by atoms with Crippen LogP contribution in [0.2, 0.25) is 0 Å². The van der Waals surface area contributed by atoms with E-state index in [1.807, 2.05) is 5.38 Å². The zero-order valence-corrected chi connectivity index (χ0v) is 9.79. The normalized spacial score (nSPS) is 12.2. The number of benzene rings is 1. The average molecular weight is 268 g/mol. The van der Waals surface area contributed by atoms with Gasteiger partial charge in [-0.25, -0.2) is 4.98 Å². The van der Waals surface area contributed by atoms with Crippen LogP contribution < -0.4 is 0 Å². The van der Waals surface area contributed by atoms with Crippen LogP contribution in [0.15, 0.2) is 42.0 Å². The molecule has 0 aliphatic carbocycles. The average Bonchev–Trinajstić information content (AvgIpc) is 2.87. The summed E-state index contributed by atoms with van der Waals surface area (Å²) in [6, 6.07) is 5.47. The van der Waals surface area contributed by atoms with Crippen LogP contribution in [0.25, 0.3) is 16.2 Å². The fraction of sp³-hybridized carbons (Fsp3) is 0.0833. The quantitative estimate of drug-likeness (QED) is 0.650. The summed E-state index contributed by atoms with van der Waals surface area (Å²) in [6.07, 6.45) is -0.989. The number of fused-ring (bicyclic) bond motifs is 1. The first-order valence-corrected chi connectivity index (χ1v) is 6.02. The highest BCUT2D eigenvalue weighted by molar-refractivity contribution is 7.15. The van der Waals surface area contributed by atoms with Gasteiger partial charge in [0.2, 0.25) is 0 Å². The fourth-order valence-corrected chi connectivity index (χ4v) is 2.51. The van der Waals surface area contributed by atoms with E-state index in [0.717, 1.165) is 6.07 Å². The lowest BCUT2D eigenvalue weighted by Crippen LogP contribution is -2.06. The van der Waals surface area contributed by atoms with Crippen molar-refractivity contribution in [3.05, 3.63) is 47.6 Å². The Morgan fingerprint density at radius 1 is 1.17 bits per heavy atom. The van der Waals surface area contributed by atoms with Gasteiger partial charge in [0.1, 0.15) is 0 Å². The molecular formula is C12H7F3N2S. The predicted molar refractivity (Wildman–Crippen MR) is 63.5 cm³/mol. The topological polar surface area (TPSA) is 17.3 Å². The molecular weight excluding hydrogens is 261 g/mol. The van der Waals surface area contributed by atoms with Gasteiger partial charge in [-0.3, -0.25) is 4.40 Å². The molecule has 1 aromatic carbocycles. The second-order valence-corrected chi connectivity index (χ2v) is 4.64. The summed E-state index contributed by atoms with van der Waals surface area (Å²) in [6.45, 7) is 0. The van der Waals surface area contributed by atoms with Crippen molar-refractivity contribution in [2.75, 3.05) is 0 Å². The zero-order chi connectivity index (χ0) is 12.8. The van der Waals surface area contributed by atoms with Crippen LogP contribution in [0.4, 0.5) is 13.2 Å².